The first-order valence-corrected chi connectivity index (χ1v) is 7.50. The van der Waals surface area contributed by atoms with Crippen LogP contribution in [0.1, 0.15) is 16.0 Å². The minimum atomic E-state index is -0.0468. The van der Waals surface area contributed by atoms with Crippen LogP contribution in [0.5, 0.6) is 5.75 Å². The van der Waals surface area contributed by atoms with E-state index in [2.05, 4.69) is 15.9 Å². The van der Waals surface area contributed by atoms with Gasteiger partial charge in [0.15, 0.2) is 0 Å². The minimum Gasteiger partial charge on any atom is -0.496 e. The van der Waals surface area contributed by atoms with E-state index in [4.69, 9.17) is 39.5 Å². The Balaban J connectivity index is 2.43. The molecule has 100 valence electrons. The molecule has 0 fully saturated rings. The fraction of sp³-hybridized carbons (Fsp3) is 0.143. The van der Waals surface area contributed by atoms with Gasteiger partial charge in [0, 0.05) is 10.6 Å². The Hall–Kier alpha value is -0.410. The van der Waals surface area contributed by atoms with Crippen molar-refractivity contribution >= 4 is 50.7 Å². The molecule has 0 aliphatic rings. The molecule has 0 aliphatic heterocycles. The van der Waals surface area contributed by atoms with Crippen LogP contribution in [0.15, 0.2) is 36.4 Å². The Bertz CT molecular complexity index is 601. The largest absolute Gasteiger partial charge is 0.496 e. The standard InChI is InChI=1S/C14H10BrCl3O/c1-19-13-7-9(16)3-4-10(13)14(15)8-2-5-11(17)12(18)6-8/h2-7,14H,1H3. The molecule has 19 heavy (non-hydrogen) atoms. The van der Waals surface area contributed by atoms with E-state index in [1.54, 1.807) is 19.2 Å². The molecule has 2 aromatic rings. The van der Waals surface area contributed by atoms with E-state index >= 15 is 0 Å². The normalized spacial score (nSPS) is 12.3. The quantitative estimate of drug-likeness (QED) is 0.581. The molecule has 5 heteroatoms. The van der Waals surface area contributed by atoms with Crippen LogP contribution in [0, 0.1) is 0 Å². The summed E-state index contributed by atoms with van der Waals surface area (Å²) in [6, 6.07) is 11.0. The van der Waals surface area contributed by atoms with Crippen LogP contribution in [0.25, 0.3) is 0 Å². The van der Waals surface area contributed by atoms with E-state index in [1.807, 2.05) is 24.3 Å². The van der Waals surface area contributed by atoms with E-state index in [9.17, 15) is 0 Å². The van der Waals surface area contributed by atoms with Crippen molar-refractivity contribution in [3.63, 3.8) is 0 Å². The second-order valence-electron chi connectivity index (χ2n) is 3.92. The lowest BCUT2D eigenvalue weighted by atomic mass is 10.0. The van der Waals surface area contributed by atoms with Gasteiger partial charge in [0.2, 0.25) is 0 Å². The average Bonchev–Trinajstić information content (AvgIpc) is 2.41. The molecule has 2 rings (SSSR count). The number of halogens is 4. The van der Waals surface area contributed by atoms with Gasteiger partial charge in [0.25, 0.3) is 0 Å². The Morgan fingerprint density at radius 1 is 1.00 bits per heavy atom. The van der Waals surface area contributed by atoms with Crippen LogP contribution >= 0.6 is 50.7 Å². The fourth-order valence-electron chi connectivity index (χ4n) is 1.74. The lowest BCUT2D eigenvalue weighted by molar-refractivity contribution is 0.410. The lowest BCUT2D eigenvalue weighted by Gasteiger charge is -2.15. The van der Waals surface area contributed by atoms with Crippen molar-refractivity contribution in [1.82, 2.24) is 0 Å². The van der Waals surface area contributed by atoms with Crippen LogP contribution < -0.4 is 4.74 Å². The van der Waals surface area contributed by atoms with E-state index in [1.165, 1.54) is 0 Å². The summed E-state index contributed by atoms with van der Waals surface area (Å²) in [4.78, 5) is -0.0468. The molecule has 0 heterocycles. The molecule has 0 bridgehead atoms. The smallest absolute Gasteiger partial charge is 0.125 e. The molecule has 1 unspecified atom stereocenters. The third-order valence-corrected chi connectivity index (χ3v) is 4.70. The SMILES string of the molecule is COc1cc(Cl)ccc1C(Br)c1ccc(Cl)c(Cl)c1. The molecule has 0 N–H and O–H groups in total. The van der Waals surface area contributed by atoms with Crippen LogP contribution in [-0.4, -0.2) is 7.11 Å². The Morgan fingerprint density at radius 2 is 1.74 bits per heavy atom. The van der Waals surface area contributed by atoms with Gasteiger partial charge in [-0.1, -0.05) is 62.9 Å². The first-order chi connectivity index (χ1) is 9.02. The van der Waals surface area contributed by atoms with Gasteiger partial charge < -0.3 is 4.74 Å². The molecule has 0 saturated carbocycles. The third kappa shape index (κ3) is 3.38. The molecule has 1 atom stereocenters. The molecule has 2 aromatic carbocycles. The van der Waals surface area contributed by atoms with Crippen molar-refractivity contribution in [2.24, 2.45) is 0 Å². The maximum Gasteiger partial charge on any atom is 0.125 e. The molecule has 0 amide bonds. The fourth-order valence-corrected chi connectivity index (χ4v) is 2.88. The highest BCUT2D eigenvalue weighted by Crippen LogP contribution is 2.39. The molecule has 1 nitrogen and oxygen atoms in total. The van der Waals surface area contributed by atoms with E-state index in [-0.39, 0.29) is 4.83 Å². The van der Waals surface area contributed by atoms with Crippen LogP contribution in [0.2, 0.25) is 15.1 Å². The van der Waals surface area contributed by atoms with Crippen molar-refractivity contribution in [3.05, 3.63) is 62.6 Å². The van der Waals surface area contributed by atoms with Crippen LogP contribution in [0.4, 0.5) is 0 Å². The average molecular weight is 380 g/mol. The van der Waals surface area contributed by atoms with Crippen LogP contribution in [-0.2, 0) is 0 Å². The Kier molecular flexibility index (Phi) is 5.02. The summed E-state index contributed by atoms with van der Waals surface area (Å²) in [6.07, 6.45) is 0. The van der Waals surface area contributed by atoms with Crippen molar-refractivity contribution in [2.75, 3.05) is 7.11 Å². The van der Waals surface area contributed by atoms with Crippen molar-refractivity contribution < 1.29 is 4.74 Å². The molecular weight excluding hydrogens is 370 g/mol. The third-order valence-electron chi connectivity index (χ3n) is 2.70. The van der Waals surface area contributed by atoms with Gasteiger partial charge in [-0.3, -0.25) is 0 Å². The summed E-state index contributed by atoms with van der Waals surface area (Å²) in [7, 11) is 1.61. The molecule has 0 saturated heterocycles. The van der Waals surface area contributed by atoms with Gasteiger partial charge in [-0.05, 0) is 29.8 Å². The van der Waals surface area contributed by atoms with E-state index in [0.29, 0.717) is 15.1 Å². The van der Waals surface area contributed by atoms with Crippen molar-refractivity contribution in [3.8, 4) is 5.75 Å². The highest BCUT2D eigenvalue weighted by molar-refractivity contribution is 9.09. The number of methoxy groups -OCH3 is 1. The van der Waals surface area contributed by atoms with Gasteiger partial charge in [0.1, 0.15) is 5.75 Å². The maximum absolute atomic E-state index is 6.04. The van der Waals surface area contributed by atoms with Gasteiger partial charge in [-0.2, -0.15) is 0 Å². The lowest BCUT2D eigenvalue weighted by Crippen LogP contribution is -1.97. The van der Waals surface area contributed by atoms with Gasteiger partial charge >= 0.3 is 0 Å². The number of alkyl halides is 1. The van der Waals surface area contributed by atoms with Crippen molar-refractivity contribution in [2.45, 2.75) is 4.83 Å². The number of hydrogen-bond donors (Lipinski definition) is 0. The zero-order chi connectivity index (χ0) is 14.0. The first kappa shape index (κ1) is 15.0. The minimum absolute atomic E-state index is 0.0468. The predicted molar refractivity (Wildman–Crippen MR) is 85.2 cm³/mol. The van der Waals surface area contributed by atoms with Crippen LogP contribution in [0.3, 0.4) is 0 Å². The number of hydrogen-bond acceptors (Lipinski definition) is 1. The van der Waals surface area contributed by atoms with E-state index < -0.39 is 0 Å². The zero-order valence-electron chi connectivity index (χ0n) is 9.96. The summed E-state index contributed by atoms with van der Waals surface area (Å²) in [5.41, 5.74) is 1.97. The summed E-state index contributed by atoms with van der Waals surface area (Å²) < 4.78 is 5.35. The van der Waals surface area contributed by atoms with Gasteiger partial charge in [-0.15, -0.1) is 0 Å². The topological polar surface area (TPSA) is 9.23 Å². The Labute approximate surface area is 135 Å². The zero-order valence-corrected chi connectivity index (χ0v) is 13.8. The second-order valence-corrected chi connectivity index (χ2v) is 6.09. The predicted octanol–water partition coefficient (Wildman–Crippen LogP) is 6.14. The highest BCUT2D eigenvalue weighted by atomic mass is 79.9. The van der Waals surface area contributed by atoms with E-state index in [0.717, 1.165) is 16.9 Å². The summed E-state index contributed by atoms with van der Waals surface area (Å²) in [5.74, 6) is 0.723. The molecular formula is C14H10BrCl3O. The van der Waals surface area contributed by atoms with Gasteiger partial charge in [0.05, 0.1) is 22.0 Å². The summed E-state index contributed by atoms with van der Waals surface area (Å²) in [5, 5.41) is 1.69. The summed E-state index contributed by atoms with van der Waals surface area (Å²) in [6.45, 7) is 0. The van der Waals surface area contributed by atoms with Crippen molar-refractivity contribution in [1.29, 1.82) is 0 Å². The molecule has 0 aliphatic carbocycles. The molecule has 0 spiro atoms. The molecule has 0 radical (unpaired) electrons. The Morgan fingerprint density at radius 3 is 2.37 bits per heavy atom. The van der Waals surface area contributed by atoms with Gasteiger partial charge in [-0.25, -0.2) is 0 Å². The number of rotatable bonds is 3. The maximum atomic E-state index is 6.04. The number of benzene rings is 2. The summed E-state index contributed by atoms with van der Waals surface area (Å²) >= 11 is 21.6. The monoisotopic (exact) mass is 378 g/mol. The second kappa shape index (κ2) is 6.36. The molecule has 0 aromatic heterocycles. The highest BCUT2D eigenvalue weighted by Gasteiger charge is 2.16. The first-order valence-electron chi connectivity index (χ1n) is 5.45. The number of ether oxygens (including phenoxy) is 1.